The van der Waals surface area contributed by atoms with E-state index in [4.69, 9.17) is 10.2 Å². The summed E-state index contributed by atoms with van der Waals surface area (Å²) in [6.45, 7) is 2.67. The third-order valence-corrected chi connectivity index (χ3v) is 2.71. The molecule has 0 radical (unpaired) electrons. The van der Waals surface area contributed by atoms with Crippen molar-refractivity contribution in [2.75, 3.05) is 32.8 Å². The predicted molar refractivity (Wildman–Crippen MR) is 48.5 cm³/mol. The largest absolute Gasteiger partial charge is 0.396 e. The highest BCUT2D eigenvalue weighted by atomic mass is 16.3. The van der Waals surface area contributed by atoms with E-state index in [2.05, 4.69) is 0 Å². The first kappa shape index (κ1) is 10.9. The van der Waals surface area contributed by atoms with Crippen LogP contribution in [0.2, 0.25) is 0 Å². The summed E-state index contributed by atoms with van der Waals surface area (Å²) in [5, 5.41) is 26.9. The Morgan fingerprint density at radius 3 is 2.77 bits per heavy atom. The highest BCUT2D eigenvalue weighted by Gasteiger charge is 2.23. The quantitative estimate of drug-likeness (QED) is 0.400. The van der Waals surface area contributed by atoms with E-state index < -0.39 is 6.10 Å². The van der Waals surface area contributed by atoms with Crippen LogP contribution in [-0.4, -0.2) is 54.3 Å². The molecule has 1 aliphatic heterocycles. The number of hydrogen-bond donors (Lipinski definition) is 4. The molecule has 1 unspecified atom stereocenters. The van der Waals surface area contributed by atoms with Gasteiger partial charge in [-0.25, -0.2) is 0 Å². The molecule has 4 heteroatoms. The molecule has 0 spiro atoms. The fraction of sp³-hybridized carbons (Fsp3) is 1.00. The van der Waals surface area contributed by atoms with Crippen molar-refractivity contribution in [1.29, 1.82) is 0 Å². The summed E-state index contributed by atoms with van der Waals surface area (Å²) >= 11 is 0. The van der Waals surface area contributed by atoms with Crippen LogP contribution in [0.3, 0.4) is 0 Å². The highest BCUT2D eigenvalue weighted by molar-refractivity contribution is 4.61. The Morgan fingerprint density at radius 2 is 2.15 bits per heavy atom. The van der Waals surface area contributed by atoms with Gasteiger partial charge in [-0.15, -0.1) is 0 Å². The minimum Gasteiger partial charge on any atom is -0.396 e. The molecule has 0 bridgehead atoms. The van der Waals surface area contributed by atoms with Crippen LogP contribution >= 0.6 is 0 Å². The standard InChI is InChI=1S/C9H19NO3/c11-6-8-2-1-3-10(4-8)5-9(13)7-12/h8-9,11-13H,1-7H2/p+1/t8-,9-/m0/s1. The number of piperidine rings is 1. The molecule has 13 heavy (non-hydrogen) atoms. The molecule has 3 atom stereocenters. The van der Waals surface area contributed by atoms with Crippen molar-refractivity contribution in [3.05, 3.63) is 0 Å². The summed E-state index contributed by atoms with van der Waals surface area (Å²) in [6, 6.07) is 0. The molecule has 4 N–H and O–H groups in total. The van der Waals surface area contributed by atoms with Crippen molar-refractivity contribution in [3.63, 3.8) is 0 Å². The molecule has 0 aromatic heterocycles. The lowest BCUT2D eigenvalue weighted by Crippen LogP contribution is -3.14. The van der Waals surface area contributed by atoms with E-state index in [-0.39, 0.29) is 13.2 Å². The first-order valence-corrected chi connectivity index (χ1v) is 4.99. The van der Waals surface area contributed by atoms with E-state index in [9.17, 15) is 5.11 Å². The Hall–Kier alpha value is -0.160. The van der Waals surface area contributed by atoms with Crippen LogP contribution in [-0.2, 0) is 0 Å². The van der Waals surface area contributed by atoms with Crippen molar-refractivity contribution in [2.24, 2.45) is 5.92 Å². The molecule has 0 saturated carbocycles. The van der Waals surface area contributed by atoms with Crippen LogP contribution in [0.5, 0.6) is 0 Å². The van der Waals surface area contributed by atoms with Gasteiger partial charge in [0, 0.05) is 5.92 Å². The maximum atomic E-state index is 9.24. The summed E-state index contributed by atoms with van der Waals surface area (Å²) in [7, 11) is 0. The van der Waals surface area contributed by atoms with E-state index in [0.717, 1.165) is 25.9 Å². The SMILES string of the molecule is OC[C@@H](O)C[NH+]1CCC[C@H](CO)C1. The smallest absolute Gasteiger partial charge is 0.126 e. The van der Waals surface area contributed by atoms with Gasteiger partial charge in [0.25, 0.3) is 0 Å². The Labute approximate surface area is 78.8 Å². The van der Waals surface area contributed by atoms with Crippen molar-refractivity contribution in [3.8, 4) is 0 Å². The summed E-state index contributed by atoms with van der Waals surface area (Å²) in [5.74, 6) is 0.384. The fourth-order valence-electron chi connectivity index (χ4n) is 1.99. The Balaban J connectivity index is 2.25. The first-order chi connectivity index (χ1) is 6.26. The number of aliphatic hydroxyl groups excluding tert-OH is 3. The normalized spacial score (nSPS) is 31.6. The van der Waals surface area contributed by atoms with Crippen LogP contribution in [0.4, 0.5) is 0 Å². The zero-order chi connectivity index (χ0) is 9.68. The molecule has 0 aromatic carbocycles. The molecule has 1 rings (SSSR count). The van der Waals surface area contributed by atoms with Gasteiger partial charge in [0.15, 0.2) is 0 Å². The summed E-state index contributed by atoms with van der Waals surface area (Å²) in [6.07, 6.45) is 1.60. The van der Waals surface area contributed by atoms with E-state index in [1.807, 2.05) is 0 Å². The van der Waals surface area contributed by atoms with E-state index in [0.29, 0.717) is 12.5 Å². The Kier molecular flexibility index (Phi) is 4.66. The lowest BCUT2D eigenvalue weighted by atomic mass is 9.99. The van der Waals surface area contributed by atoms with Gasteiger partial charge in [0.05, 0.1) is 26.3 Å². The maximum absolute atomic E-state index is 9.24. The number of nitrogens with one attached hydrogen (secondary N) is 1. The van der Waals surface area contributed by atoms with Gasteiger partial charge in [-0.1, -0.05) is 0 Å². The number of hydrogen-bond acceptors (Lipinski definition) is 3. The summed E-state index contributed by atoms with van der Waals surface area (Å²) in [4.78, 5) is 1.30. The fourth-order valence-corrected chi connectivity index (χ4v) is 1.99. The molecule has 1 aliphatic rings. The van der Waals surface area contributed by atoms with E-state index in [1.165, 1.54) is 4.90 Å². The van der Waals surface area contributed by atoms with Crippen LogP contribution in [0.1, 0.15) is 12.8 Å². The predicted octanol–water partition coefficient (Wildman–Crippen LogP) is -2.37. The molecule has 0 aliphatic carbocycles. The van der Waals surface area contributed by atoms with Crippen molar-refractivity contribution < 1.29 is 20.2 Å². The van der Waals surface area contributed by atoms with Gasteiger partial charge in [-0.3, -0.25) is 0 Å². The average molecular weight is 190 g/mol. The molecule has 1 fully saturated rings. The van der Waals surface area contributed by atoms with Gasteiger partial charge >= 0.3 is 0 Å². The van der Waals surface area contributed by atoms with Crippen molar-refractivity contribution in [2.45, 2.75) is 18.9 Å². The second-order valence-electron chi connectivity index (χ2n) is 3.94. The molecule has 1 heterocycles. The number of aliphatic hydroxyl groups is 3. The lowest BCUT2D eigenvalue weighted by molar-refractivity contribution is -0.911. The second kappa shape index (κ2) is 5.54. The molecular formula is C9H20NO3+. The molecule has 78 valence electrons. The molecule has 0 amide bonds. The minimum absolute atomic E-state index is 0.159. The monoisotopic (exact) mass is 190 g/mol. The Bertz CT molecular complexity index is 141. The first-order valence-electron chi connectivity index (χ1n) is 4.99. The van der Waals surface area contributed by atoms with Crippen LogP contribution in [0, 0.1) is 5.92 Å². The van der Waals surface area contributed by atoms with Gasteiger partial charge in [0.2, 0.25) is 0 Å². The lowest BCUT2D eigenvalue weighted by Gasteiger charge is -2.29. The van der Waals surface area contributed by atoms with Gasteiger partial charge in [-0.05, 0) is 12.8 Å². The van der Waals surface area contributed by atoms with Crippen molar-refractivity contribution >= 4 is 0 Å². The van der Waals surface area contributed by atoms with E-state index >= 15 is 0 Å². The highest BCUT2D eigenvalue weighted by Crippen LogP contribution is 2.05. The van der Waals surface area contributed by atoms with Crippen molar-refractivity contribution in [1.82, 2.24) is 0 Å². The topological polar surface area (TPSA) is 65.1 Å². The van der Waals surface area contributed by atoms with Gasteiger partial charge in [0.1, 0.15) is 12.6 Å². The number of likely N-dealkylation sites (tertiary alicyclic amines) is 1. The summed E-state index contributed by atoms with van der Waals surface area (Å²) in [5.41, 5.74) is 0. The van der Waals surface area contributed by atoms with E-state index in [1.54, 1.807) is 0 Å². The average Bonchev–Trinajstić information content (AvgIpc) is 2.18. The number of rotatable bonds is 4. The molecule has 0 aromatic rings. The third-order valence-electron chi connectivity index (χ3n) is 2.71. The third kappa shape index (κ3) is 3.60. The second-order valence-corrected chi connectivity index (χ2v) is 3.94. The molecular weight excluding hydrogens is 170 g/mol. The van der Waals surface area contributed by atoms with Crippen LogP contribution < -0.4 is 4.90 Å². The number of quaternary nitrogens is 1. The van der Waals surface area contributed by atoms with Crippen LogP contribution in [0.15, 0.2) is 0 Å². The maximum Gasteiger partial charge on any atom is 0.126 e. The molecule has 4 nitrogen and oxygen atoms in total. The Morgan fingerprint density at radius 1 is 1.38 bits per heavy atom. The molecule has 1 saturated heterocycles. The summed E-state index contributed by atoms with van der Waals surface area (Å²) < 4.78 is 0. The van der Waals surface area contributed by atoms with Gasteiger partial charge in [-0.2, -0.15) is 0 Å². The van der Waals surface area contributed by atoms with Gasteiger partial charge < -0.3 is 20.2 Å². The minimum atomic E-state index is -0.604. The zero-order valence-electron chi connectivity index (χ0n) is 7.95. The zero-order valence-corrected chi connectivity index (χ0v) is 7.95. The van der Waals surface area contributed by atoms with Crippen LogP contribution in [0.25, 0.3) is 0 Å².